The molecule has 18 heavy (non-hydrogen) atoms. The second-order valence-electron chi connectivity index (χ2n) is 4.34. The average Bonchev–Trinajstić information content (AvgIpc) is 2.38. The van der Waals surface area contributed by atoms with E-state index in [1.807, 2.05) is 6.07 Å². The smallest absolute Gasteiger partial charge is 0.213 e. The third-order valence-corrected chi connectivity index (χ3v) is 4.52. The summed E-state index contributed by atoms with van der Waals surface area (Å²) < 4.78 is 27.7. The molecule has 0 radical (unpaired) electrons. The molecule has 1 aliphatic rings. The maximum atomic E-state index is 11.3. The Labute approximate surface area is 107 Å². The van der Waals surface area contributed by atoms with Crippen molar-refractivity contribution in [2.45, 2.75) is 24.1 Å². The van der Waals surface area contributed by atoms with Crippen LogP contribution in [0.15, 0.2) is 18.3 Å². The van der Waals surface area contributed by atoms with Gasteiger partial charge in [0.2, 0.25) is 10.0 Å². The van der Waals surface area contributed by atoms with Crippen molar-refractivity contribution in [1.29, 1.82) is 0 Å². The van der Waals surface area contributed by atoms with Gasteiger partial charge in [-0.2, -0.15) is 0 Å². The van der Waals surface area contributed by atoms with Crippen molar-refractivity contribution in [3.63, 3.8) is 0 Å². The van der Waals surface area contributed by atoms with Crippen LogP contribution in [0.5, 0.6) is 5.75 Å². The number of methoxy groups -OCH3 is 1. The predicted octanol–water partition coefficient (Wildman–Crippen LogP) is 0.172. The highest BCUT2D eigenvalue weighted by Gasteiger charge is 2.30. The number of nitrogens with two attached hydrogens (primary N) is 1. The summed E-state index contributed by atoms with van der Waals surface area (Å²) in [5, 5.41) is 7.80. The highest BCUT2D eigenvalue weighted by atomic mass is 32.2. The predicted molar refractivity (Wildman–Crippen MR) is 67.7 cm³/mol. The van der Waals surface area contributed by atoms with Crippen molar-refractivity contribution in [2.24, 2.45) is 5.14 Å². The van der Waals surface area contributed by atoms with Crippen LogP contribution in [0.4, 0.5) is 0 Å². The van der Waals surface area contributed by atoms with E-state index in [9.17, 15) is 8.42 Å². The summed E-state index contributed by atoms with van der Waals surface area (Å²) in [7, 11) is -1.87. The fraction of sp³-hybridized carbons (Fsp3) is 0.545. The van der Waals surface area contributed by atoms with Crippen LogP contribution < -0.4 is 15.2 Å². The summed E-state index contributed by atoms with van der Waals surface area (Å²) in [5.41, 5.74) is 0.813. The number of hydrogen-bond acceptors (Lipinski definition) is 5. The third kappa shape index (κ3) is 2.80. The van der Waals surface area contributed by atoms with E-state index in [2.05, 4.69) is 10.3 Å². The van der Waals surface area contributed by atoms with Gasteiger partial charge in [0.05, 0.1) is 24.1 Å². The van der Waals surface area contributed by atoms with Crippen LogP contribution in [-0.4, -0.2) is 32.3 Å². The number of pyridine rings is 1. The summed E-state index contributed by atoms with van der Waals surface area (Å²) in [4.78, 5) is 4.29. The van der Waals surface area contributed by atoms with Crippen LogP contribution in [0.25, 0.3) is 0 Å². The average molecular weight is 271 g/mol. The maximum Gasteiger partial charge on any atom is 0.213 e. The first-order chi connectivity index (χ1) is 8.52. The van der Waals surface area contributed by atoms with Gasteiger partial charge in [-0.15, -0.1) is 0 Å². The normalized spacial score (nSPS) is 24.8. The Morgan fingerprint density at radius 1 is 1.50 bits per heavy atom. The number of nitrogens with one attached hydrogen (secondary N) is 1. The molecule has 0 spiro atoms. The molecule has 1 aliphatic heterocycles. The van der Waals surface area contributed by atoms with Crippen molar-refractivity contribution in [3.05, 3.63) is 24.0 Å². The summed E-state index contributed by atoms with van der Waals surface area (Å²) in [5.74, 6) is 0.712. The highest BCUT2D eigenvalue weighted by molar-refractivity contribution is 7.89. The van der Waals surface area contributed by atoms with Gasteiger partial charge in [0.25, 0.3) is 0 Å². The molecular weight excluding hydrogens is 254 g/mol. The monoisotopic (exact) mass is 271 g/mol. The lowest BCUT2D eigenvalue weighted by molar-refractivity contribution is 0.365. The van der Waals surface area contributed by atoms with Crippen LogP contribution in [0, 0.1) is 0 Å². The first-order valence-electron chi connectivity index (χ1n) is 5.76. The molecule has 2 rings (SSSR count). The lowest BCUT2D eigenvalue weighted by atomic mass is 10.0. The Kier molecular flexibility index (Phi) is 3.84. The van der Waals surface area contributed by atoms with E-state index in [4.69, 9.17) is 9.88 Å². The van der Waals surface area contributed by atoms with Crippen molar-refractivity contribution >= 4 is 10.0 Å². The minimum atomic E-state index is -3.46. The van der Waals surface area contributed by atoms with Crippen LogP contribution in [0.2, 0.25) is 0 Å². The number of nitrogens with zero attached hydrogens (tertiary/aromatic N) is 1. The molecule has 1 fully saturated rings. The van der Waals surface area contributed by atoms with Gasteiger partial charge >= 0.3 is 0 Å². The van der Waals surface area contributed by atoms with Crippen LogP contribution in [-0.2, 0) is 10.0 Å². The van der Waals surface area contributed by atoms with Crippen molar-refractivity contribution in [2.75, 3.05) is 13.7 Å². The molecule has 0 saturated carbocycles. The summed E-state index contributed by atoms with van der Waals surface area (Å²) in [6.07, 6.45) is 2.91. The van der Waals surface area contributed by atoms with E-state index >= 15 is 0 Å². The van der Waals surface area contributed by atoms with Gasteiger partial charge in [0, 0.05) is 12.7 Å². The molecule has 2 unspecified atom stereocenters. The van der Waals surface area contributed by atoms with E-state index in [-0.39, 0.29) is 6.04 Å². The van der Waals surface area contributed by atoms with Crippen LogP contribution >= 0.6 is 0 Å². The van der Waals surface area contributed by atoms with Gasteiger partial charge in [-0.1, -0.05) is 0 Å². The molecule has 6 nitrogen and oxygen atoms in total. The van der Waals surface area contributed by atoms with Gasteiger partial charge in [0.15, 0.2) is 0 Å². The second-order valence-corrected chi connectivity index (χ2v) is 6.18. The van der Waals surface area contributed by atoms with E-state index in [1.54, 1.807) is 19.4 Å². The lowest BCUT2D eigenvalue weighted by Gasteiger charge is -2.28. The number of aromatic nitrogens is 1. The van der Waals surface area contributed by atoms with E-state index in [1.165, 1.54) is 0 Å². The zero-order valence-electron chi connectivity index (χ0n) is 10.2. The summed E-state index contributed by atoms with van der Waals surface area (Å²) >= 11 is 0. The fourth-order valence-corrected chi connectivity index (χ4v) is 2.97. The summed E-state index contributed by atoms with van der Waals surface area (Å²) in [6, 6.07) is 3.66. The Bertz CT molecular complexity index is 510. The number of rotatable bonds is 3. The van der Waals surface area contributed by atoms with E-state index < -0.39 is 15.3 Å². The zero-order valence-corrected chi connectivity index (χ0v) is 11.0. The molecule has 0 amide bonds. The van der Waals surface area contributed by atoms with Gasteiger partial charge in [0.1, 0.15) is 5.75 Å². The van der Waals surface area contributed by atoms with Crippen LogP contribution in [0.1, 0.15) is 24.6 Å². The molecule has 7 heteroatoms. The molecule has 2 atom stereocenters. The number of sulfonamides is 1. The Morgan fingerprint density at radius 2 is 2.28 bits per heavy atom. The highest BCUT2D eigenvalue weighted by Crippen LogP contribution is 2.29. The number of piperidine rings is 1. The molecule has 1 aromatic rings. The van der Waals surface area contributed by atoms with Gasteiger partial charge in [-0.3, -0.25) is 4.98 Å². The molecule has 100 valence electrons. The van der Waals surface area contributed by atoms with Crippen molar-refractivity contribution < 1.29 is 13.2 Å². The van der Waals surface area contributed by atoms with Gasteiger partial charge in [-0.25, -0.2) is 13.6 Å². The van der Waals surface area contributed by atoms with Crippen molar-refractivity contribution in [1.82, 2.24) is 10.3 Å². The minimum absolute atomic E-state index is 0.0131. The molecule has 1 saturated heterocycles. The molecule has 0 aliphatic carbocycles. The summed E-state index contributed by atoms with van der Waals surface area (Å²) in [6.45, 7) is 0.350. The SMILES string of the molecule is COc1cccnc1C1CCC(S(N)(=O)=O)CN1. The molecule has 2 heterocycles. The van der Waals surface area contributed by atoms with E-state index in [0.717, 1.165) is 5.69 Å². The van der Waals surface area contributed by atoms with Gasteiger partial charge in [-0.05, 0) is 25.0 Å². The lowest BCUT2D eigenvalue weighted by Crippen LogP contribution is -2.43. The standard InChI is InChI=1S/C11H17N3O3S/c1-17-10-3-2-6-13-11(10)9-5-4-8(7-14-9)18(12,15)16/h2-3,6,8-9,14H,4-5,7H2,1H3,(H2,12,15,16). The Hall–Kier alpha value is -1.18. The first-order valence-corrected chi connectivity index (χ1v) is 7.37. The Morgan fingerprint density at radius 3 is 2.83 bits per heavy atom. The first kappa shape index (κ1) is 13.3. The van der Waals surface area contributed by atoms with Crippen LogP contribution in [0.3, 0.4) is 0 Å². The second kappa shape index (κ2) is 5.21. The number of hydrogen-bond donors (Lipinski definition) is 2. The minimum Gasteiger partial charge on any atom is -0.495 e. The fourth-order valence-electron chi connectivity index (χ4n) is 2.18. The molecule has 1 aromatic heterocycles. The number of primary sulfonamides is 1. The topological polar surface area (TPSA) is 94.3 Å². The zero-order chi connectivity index (χ0) is 13.2. The maximum absolute atomic E-state index is 11.3. The van der Waals surface area contributed by atoms with Crippen molar-refractivity contribution in [3.8, 4) is 5.75 Å². The van der Waals surface area contributed by atoms with Gasteiger partial charge < -0.3 is 10.1 Å². The molecule has 0 aromatic carbocycles. The molecule has 0 bridgehead atoms. The van der Waals surface area contributed by atoms with E-state index in [0.29, 0.717) is 25.1 Å². The third-order valence-electron chi connectivity index (χ3n) is 3.18. The largest absolute Gasteiger partial charge is 0.495 e. The molecule has 3 N–H and O–H groups in total. The number of ether oxygens (including phenoxy) is 1. The Balaban J connectivity index is 2.10. The quantitative estimate of drug-likeness (QED) is 0.817. The molecular formula is C11H17N3O3S.